The summed E-state index contributed by atoms with van der Waals surface area (Å²) in [5.74, 6) is 0.598. The first kappa shape index (κ1) is 16.5. The van der Waals surface area contributed by atoms with Crippen LogP contribution in [0.5, 0.6) is 5.75 Å². The summed E-state index contributed by atoms with van der Waals surface area (Å²) in [5.41, 5.74) is 1.18. The first-order valence-corrected chi connectivity index (χ1v) is 9.52. The predicted molar refractivity (Wildman–Crippen MR) is 88.4 cm³/mol. The Morgan fingerprint density at radius 2 is 2.10 bits per heavy atom. The van der Waals surface area contributed by atoms with Crippen LogP contribution < -0.4 is 9.46 Å². The van der Waals surface area contributed by atoms with E-state index >= 15 is 0 Å². The van der Waals surface area contributed by atoms with Gasteiger partial charge in [0.05, 0.1) is 16.5 Å². The molecule has 0 aliphatic rings. The lowest BCUT2D eigenvalue weighted by molar-refractivity contribution is 0.411. The number of halogens is 1. The van der Waals surface area contributed by atoms with Crippen LogP contribution in [0.15, 0.2) is 39.0 Å². The van der Waals surface area contributed by atoms with Crippen molar-refractivity contribution in [1.82, 2.24) is 4.72 Å². The van der Waals surface area contributed by atoms with E-state index in [1.165, 1.54) is 24.8 Å². The SMILES string of the molecule is CCc1ccsc1CNS(=O)(=O)c1ccc(OC)c(Br)c1. The molecule has 0 aliphatic carbocycles. The van der Waals surface area contributed by atoms with E-state index in [1.807, 2.05) is 11.4 Å². The second-order valence-electron chi connectivity index (χ2n) is 4.34. The Bertz CT molecular complexity index is 726. The zero-order valence-corrected chi connectivity index (χ0v) is 14.9. The molecule has 4 nitrogen and oxygen atoms in total. The Morgan fingerprint density at radius 1 is 1.33 bits per heavy atom. The van der Waals surface area contributed by atoms with Gasteiger partial charge in [0.1, 0.15) is 5.75 Å². The minimum absolute atomic E-state index is 0.213. The first-order valence-electron chi connectivity index (χ1n) is 6.36. The van der Waals surface area contributed by atoms with Crippen LogP contribution in [0.2, 0.25) is 0 Å². The van der Waals surface area contributed by atoms with Gasteiger partial charge in [0.15, 0.2) is 0 Å². The van der Waals surface area contributed by atoms with Crippen LogP contribution in [0.1, 0.15) is 17.4 Å². The molecule has 0 atom stereocenters. The maximum Gasteiger partial charge on any atom is 0.240 e. The summed E-state index contributed by atoms with van der Waals surface area (Å²) in [6.07, 6.45) is 0.897. The monoisotopic (exact) mass is 389 g/mol. The summed E-state index contributed by atoms with van der Waals surface area (Å²) < 4.78 is 33.0. The number of ether oxygens (including phenoxy) is 1. The van der Waals surface area contributed by atoms with E-state index in [-0.39, 0.29) is 4.90 Å². The fourth-order valence-corrected chi connectivity index (χ4v) is 4.62. The largest absolute Gasteiger partial charge is 0.496 e. The molecule has 0 radical (unpaired) electrons. The number of aryl methyl sites for hydroxylation is 1. The molecule has 0 unspecified atom stereocenters. The van der Waals surface area contributed by atoms with Gasteiger partial charge in [0.2, 0.25) is 10.0 Å². The van der Waals surface area contributed by atoms with Crippen molar-refractivity contribution in [3.05, 3.63) is 44.6 Å². The number of thiophene rings is 1. The maximum absolute atomic E-state index is 12.3. The second-order valence-corrected chi connectivity index (χ2v) is 7.97. The number of hydrogen-bond acceptors (Lipinski definition) is 4. The van der Waals surface area contributed by atoms with Crippen LogP contribution in [0.3, 0.4) is 0 Å². The van der Waals surface area contributed by atoms with E-state index in [0.717, 1.165) is 11.3 Å². The first-order chi connectivity index (χ1) is 9.97. The van der Waals surface area contributed by atoms with Gasteiger partial charge in [0, 0.05) is 11.4 Å². The fourth-order valence-electron chi connectivity index (χ4n) is 1.90. The predicted octanol–water partition coefficient (Wildman–Crippen LogP) is 3.56. The average Bonchev–Trinajstić information content (AvgIpc) is 2.92. The average molecular weight is 390 g/mol. The zero-order valence-electron chi connectivity index (χ0n) is 11.7. The number of benzene rings is 1. The van der Waals surface area contributed by atoms with Gasteiger partial charge in [-0.2, -0.15) is 0 Å². The third-order valence-corrected chi connectivity index (χ3v) is 6.06. The summed E-state index contributed by atoms with van der Waals surface area (Å²) in [7, 11) is -2.00. The van der Waals surface area contributed by atoms with Gasteiger partial charge in [-0.3, -0.25) is 0 Å². The molecule has 0 bridgehead atoms. The third kappa shape index (κ3) is 3.85. The summed E-state index contributed by atoms with van der Waals surface area (Å²) >= 11 is 4.86. The fraction of sp³-hybridized carbons (Fsp3) is 0.286. The summed E-state index contributed by atoms with van der Waals surface area (Å²) in [6, 6.07) is 6.72. The van der Waals surface area contributed by atoms with Crippen LogP contribution in [-0.2, 0) is 23.0 Å². The molecule has 1 aromatic carbocycles. The smallest absolute Gasteiger partial charge is 0.240 e. The van der Waals surface area contributed by atoms with E-state index in [2.05, 4.69) is 27.6 Å². The second kappa shape index (κ2) is 6.91. The molecule has 0 amide bonds. The number of nitrogens with one attached hydrogen (secondary N) is 1. The van der Waals surface area contributed by atoms with Crippen LogP contribution >= 0.6 is 27.3 Å². The number of methoxy groups -OCH3 is 1. The molecule has 0 fully saturated rings. The number of sulfonamides is 1. The summed E-state index contributed by atoms with van der Waals surface area (Å²) in [6.45, 7) is 2.37. The maximum atomic E-state index is 12.3. The van der Waals surface area contributed by atoms with Crippen LogP contribution in [0, 0.1) is 0 Å². The van der Waals surface area contributed by atoms with Gasteiger partial charge in [-0.25, -0.2) is 13.1 Å². The van der Waals surface area contributed by atoms with Crippen molar-refractivity contribution in [1.29, 1.82) is 0 Å². The van der Waals surface area contributed by atoms with Crippen molar-refractivity contribution >= 4 is 37.3 Å². The highest BCUT2D eigenvalue weighted by atomic mass is 79.9. The lowest BCUT2D eigenvalue weighted by Gasteiger charge is -2.09. The lowest BCUT2D eigenvalue weighted by atomic mass is 10.2. The van der Waals surface area contributed by atoms with E-state index in [9.17, 15) is 8.42 Å². The molecule has 2 aromatic rings. The lowest BCUT2D eigenvalue weighted by Crippen LogP contribution is -2.23. The Labute approximate surface area is 137 Å². The van der Waals surface area contributed by atoms with E-state index in [4.69, 9.17) is 4.74 Å². The normalized spacial score (nSPS) is 11.6. The molecule has 0 saturated carbocycles. The molecule has 0 saturated heterocycles. The summed E-state index contributed by atoms with van der Waals surface area (Å²) in [5, 5.41) is 1.98. The molecule has 0 spiro atoms. The third-order valence-electron chi connectivity index (χ3n) is 3.07. The molecule has 7 heteroatoms. The molecule has 1 N–H and O–H groups in total. The van der Waals surface area contributed by atoms with Crippen LogP contribution in [-0.4, -0.2) is 15.5 Å². The molecule has 2 rings (SSSR count). The van der Waals surface area contributed by atoms with Crippen molar-refractivity contribution in [3.8, 4) is 5.75 Å². The molecule has 114 valence electrons. The Kier molecular flexibility index (Phi) is 5.43. The number of hydrogen-bond donors (Lipinski definition) is 1. The highest BCUT2D eigenvalue weighted by Crippen LogP contribution is 2.27. The van der Waals surface area contributed by atoms with Crippen molar-refractivity contribution in [2.75, 3.05) is 7.11 Å². The summed E-state index contributed by atoms with van der Waals surface area (Å²) in [4.78, 5) is 1.26. The van der Waals surface area contributed by atoms with Gasteiger partial charge >= 0.3 is 0 Å². The van der Waals surface area contributed by atoms with Gasteiger partial charge in [-0.1, -0.05) is 6.92 Å². The Morgan fingerprint density at radius 3 is 2.71 bits per heavy atom. The van der Waals surface area contributed by atoms with Gasteiger partial charge in [-0.15, -0.1) is 11.3 Å². The molecule has 1 aromatic heterocycles. The topological polar surface area (TPSA) is 55.4 Å². The van der Waals surface area contributed by atoms with Gasteiger partial charge < -0.3 is 4.74 Å². The molecular formula is C14H16BrNO3S2. The highest BCUT2D eigenvalue weighted by Gasteiger charge is 2.16. The van der Waals surface area contributed by atoms with E-state index < -0.39 is 10.0 Å². The minimum atomic E-state index is -3.54. The van der Waals surface area contributed by atoms with Crippen LogP contribution in [0.25, 0.3) is 0 Å². The Hall–Kier alpha value is -0.890. The van der Waals surface area contributed by atoms with Crippen molar-refractivity contribution in [3.63, 3.8) is 0 Å². The van der Waals surface area contributed by atoms with Crippen LogP contribution in [0.4, 0.5) is 0 Å². The molecular weight excluding hydrogens is 374 g/mol. The van der Waals surface area contributed by atoms with Gasteiger partial charge in [0.25, 0.3) is 0 Å². The Balaban J connectivity index is 2.17. The van der Waals surface area contributed by atoms with Crippen molar-refractivity contribution in [2.24, 2.45) is 0 Å². The van der Waals surface area contributed by atoms with E-state index in [0.29, 0.717) is 16.8 Å². The molecule has 1 heterocycles. The van der Waals surface area contributed by atoms with Gasteiger partial charge in [-0.05, 0) is 57.6 Å². The minimum Gasteiger partial charge on any atom is -0.496 e. The quantitative estimate of drug-likeness (QED) is 0.821. The van der Waals surface area contributed by atoms with Crippen molar-refractivity contribution in [2.45, 2.75) is 24.8 Å². The highest BCUT2D eigenvalue weighted by molar-refractivity contribution is 9.10. The van der Waals surface area contributed by atoms with E-state index in [1.54, 1.807) is 17.4 Å². The number of rotatable bonds is 6. The molecule has 21 heavy (non-hydrogen) atoms. The molecule has 0 aliphatic heterocycles. The zero-order chi connectivity index (χ0) is 15.5. The standard InChI is InChI=1S/C14H16BrNO3S2/c1-3-10-6-7-20-14(10)9-16-21(17,18)11-4-5-13(19-2)12(15)8-11/h4-8,16H,3,9H2,1-2H3. The van der Waals surface area contributed by atoms with Crippen molar-refractivity contribution < 1.29 is 13.2 Å².